The normalized spacial score (nSPS) is 23.2. The third kappa shape index (κ3) is 1.87. The first-order valence-corrected chi connectivity index (χ1v) is 5.86. The van der Waals surface area contributed by atoms with Crippen LogP contribution in [0.15, 0.2) is 30.3 Å². The number of imide groups is 1. The fraction of sp³-hybridized carbons (Fsp3) is 0.154. The molecule has 0 bridgehead atoms. The van der Waals surface area contributed by atoms with Gasteiger partial charge in [0.25, 0.3) is 0 Å². The Hall–Kier alpha value is -2.31. The molecule has 1 aliphatic heterocycles. The number of amides is 2. The number of nitrogens with one attached hydrogen (secondary N) is 1. The van der Waals surface area contributed by atoms with Crippen molar-refractivity contribution >= 4 is 28.4 Å². The minimum atomic E-state index is -0.672. The number of nitrogens with two attached hydrogens (primary N) is 1. The standard InChI is InChI=1S/C13H11N3O3/c14-8-2-4-10-7(5-8)1-3-11(15-10)9-6-12(17)16(19)13(9)18/h1-5,9,19H,6,14H2/p+1. The molecule has 6 heteroatoms. The van der Waals surface area contributed by atoms with Crippen molar-refractivity contribution in [3.05, 3.63) is 36.0 Å². The van der Waals surface area contributed by atoms with Gasteiger partial charge in [0.2, 0.25) is 0 Å². The number of fused-ring (bicyclic) bond motifs is 1. The van der Waals surface area contributed by atoms with Gasteiger partial charge in [-0.3, -0.25) is 4.98 Å². The van der Waals surface area contributed by atoms with Crippen molar-refractivity contribution < 1.29 is 19.9 Å². The second kappa shape index (κ2) is 4.11. The lowest BCUT2D eigenvalue weighted by Gasteiger charge is -2.05. The minimum absolute atomic E-state index is 0.0157. The van der Waals surface area contributed by atoms with Crippen LogP contribution in [0, 0.1) is 0 Å². The summed E-state index contributed by atoms with van der Waals surface area (Å²) in [4.78, 5) is 27.4. The number of hydrogen-bond donors (Lipinski definition) is 3. The van der Waals surface area contributed by atoms with Crippen LogP contribution in [0.1, 0.15) is 18.0 Å². The molecule has 96 valence electrons. The summed E-state index contributed by atoms with van der Waals surface area (Å²) in [6.45, 7) is 0. The van der Waals surface area contributed by atoms with Crippen LogP contribution in [0.4, 0.5) is 5.69 Å². The molecule has 1 aromatic heterocycles. The summed E-state index contributed by atoms with van der Waals surface area (Å²) in [5, 5.41) is 9.53. The molecule has 1 aliphatic rings. The summed E-state index contributed by atoms with van der Waals surface area (Å²) < 4.78 is 0. The van der Waals surface area contributed by atoms with E-state index in [9.17, 15) is 14.8 Å². The molecule has 6 nitrogen and oxygen atoms in total. The average molecular weight is 258 g/mol. The first kappa shape index (κ1) is 11.8. The van der Waals surface area contributed by atoms with E-state index in [1.165, 1.54) is 0 Å². The third-order valence-corrected chi connectivity index (χ3v) is 3.30. The summed E-state index contributed by atoms with van der Waals surface area (Å²) in [6.07, 6.45) is -0.0157. The summed E-state index contributed by atoms with van der Waals surface area (Å²) in [7, 11) is 0. The van der Waals surface area contributed by atoms with Crippen LogP contribution >= 0.6 is 0 Å². The second-order valence-corrected chi connectivity index (χ2v) is 4.58. The van der Waals surface area contributed by atoms with Crippen molar-refractivity contribution in [3.8, 4) is 0 Å². The molecule has 0 spiro atoms. The van der Waals surface area contributed by atoms with E-state index >= 15 is 0 Å². The maximum absolute atomic E-state index is 11.7. The molecule has 4 N–H and O–H groups in total. The monoisotopic (exact) mass is 258 g/mol. The zero-order valence-electron chi connectivity index (χ0n) is 9.96. The molecule has 1 aromatic carbocycles. The van der Waals surface area contributed by atoms with Crippen LogP contribution in [0.5, 0.6) is 0 Å². The van der Waals surface area contributed by atoms with Gasteiger partial charge in [0.15, 0.2) is 0 Å². The third-order valence-electron chi connectivity index (χ3n) is 3.30. The van der Waals surface area contributed by atoms with Crippen LogP contribution in [-0.2, 0) is 9.59 Å². The number of nitrogen functional groups attached to an aromatic ring is 1. The lowest BCUT2D eigenvalue weighted by Crippen LogP contribution is -3.12. The quantitative estimate of drug-likeness (QED) is 0.368. The summed E-state index contributed by atoms with van der Waals surface area (Å²) >= 11 is 0. The highest BCUT2D eigenvalue weighted by molar-refractivity contribution is 5.93. The van der Waals surface area contributed by atoms with Gasteiger partial charge in [0, 0.05) is 11.1 Å². The molecule has 2 heterocycles. The van der Waals surface area contributed by atoms with Crippen LogP contribution in [0.3, 0.4) is 0 Å². The molecule has 1 fully saturated rings. The predicted octanol–water partition coefficient (Wildman–Crippen LogP) is -0.368. The van der Waals surface area contributed by atoms with E-state index in [4.69, 9.17) is 5.73 Å². The van der Waals surface area contributed by atoms with Crippen LogP contribution in [0.25, 0.3) is 10.9 Å². The second-order valence-electron chi connectivity index (χ2n) is 4.58. The largest absolute Gasteiger partial charge is 0.399 e. The summed E-state index contributed by atoms with van der Waals surface area (Å²) in [5.74, 6) is -1.74. The number of carbonyl (C=O) groups excluding carboxylic acids is 2. The lowest BCUT2D eigenvalue weighted by molar-refractivity contribution is -0.948. The summed E-state index contributed by atoms with van der Waals surface area (Å²) in [5.41, 5.74) is 7.53. The molecule has 1 saturated heterocycles. The molecule has 2 amide bonds. The maximum Gasteiger partial charge on any atom is 0.361 e. The first-order valence-electron chi connectivity index (χ1n) is 5.86. The van der Waals surface area contributed by atoms with Crippen molar-refractivity contribution in [2.24, 2.45) is 0 Å². The minimum Gasteiger partial charge on any atom is -0.399 e. The van der Waals surface area contributed by atoms with E-state index in [1.54, 1.807) is 30.3 Å². The van der Waals surface area contributed by atoms with Gasteiger partial charge in [-0.25, -0.2) is 14.8 Å². The van der Waals surface area contributed by atoms with Crippen molar-refractivity contribution in [1.82, 2.24) is 4.98 Å². The smallest absolute Gasteiger partial charge is 0.361 e. The number of rotatable bonds is 1. The molecule has 2 atom stereocenters. The molecule has 19 heavy (non-hydrogen) atoms. The number of carbonyl (C=O) groups is 2. The number of benzene rings is 1. The predicted molar refractivity (Wildman–Crippen MR) is 66.3 cm³/mol. The number of anilines is 1. The number of pyridine rings is 1. The Morgan fingerprint density at radius 2 is 2.05 bits per heavy atom. The number of quaternary nitrogens is 1. The van der Waals surface area contributed by atoms with Crippen molar-refractivity contribution in [1.29, 1.82) is 0 Å². The number of aromatic nitrogens is 1. The number of nitrogens with zero attached hydrogens (tertiary/aromatic N) is 1. The molecule has 0 aliphatic carbocycles. The van der Waals surface area contributed by atoms with Gasteiger partial charge in [-0.2, -0.15) is 0 Å². The van der Waals surface area contributed by atoms with E-state index in [0.717, 1.165) is 5.39 Å². The van der Waals surface area contributed by atoms with Gasteiger partial charge in [0.1, 0.15) is 5.92 Å². The molecular formula is C13H12N3O3+. The van der Waals surface area contributed by atoms with E-state index in [0.29, 0.717) is 16.9 Å². The highest BCUT2D eigenvalue weighted by Crippen LogP contribution is 2.23. The Bertz CT molecular complexity index is 699. The average Bonchev–Trinajstić information content (AvgIpc) is 2.66. The Kier molecular flexibility index (Phi) is 2.55. The Morgan fingerprint density at radius 3 is 2.74 bits per heavy atom. The highest BCUT2D eigenvalue weighted by atomic mass is 16.5. The van der Waals surface area contributed by atoms with Crippen LogP contribution < -0.4 is 10.8 Å². The lowest BCUT2D eigenvalue weighted by atomic mass is 10.0. The first-order chi connectivity index (χ1) is 9.06. The zero-order valence-corrected chi connectivity index (χ0v) is 9.96. The van der Waals surface area contributed by atoms with Crippen molar-refractivity contribution in [2.75, 3.05) is 5.73 Å². The molecule has 2 aromatic rings. The fourth-order valence-corrected chi connectivity index (χ4v) is 2.27. The summed E-state index contributed by atoms with van der Waals surface area (Å²) in [6, 6.07) is 8.78. The fourth-order valence-electron chi connectivity index (χ4n) is 2.27. The molecule has 2 unspecified atom stereocenters. The van der Waals surface area contributed by atoms with Gasteiger partial charge < -0.3 is 5.73 Å². The van der Waals surface area contributed by atoms with Gasteiger partial charge in [-0.1, -0.05) is 11.1 Å². The topological polar surface area (TPSA) is 97.7 Å². The highest BCUT2D eigenvalue weighted by Gasteiger charge is 2.46. The Balaban J connectivity index is 2.05. The Labute approximate surface area is 108 Å². The van der Waals surface area contributed by atoms with Gasteiger partial charge in [0.05, 0.1) is 17.6 Å². The van der Waals surface area contributed by atoms with Crippen LogP contribution in [-0.4, -0.2) is 22.0 Å². The van der Waals surface area contributed by atoms with E-state index in [2.05, 4.69) is 4.98 Å². The number of hydrogen-bond acceptors (Lipinski definition) is 5. The SMILES string of the molecule is Nc1ccc2nc(C3CC(=O)[NH+](O)C3=O)ccc2c1. The van der Waals surface area contributed by atoms with Gasteiger partial charge >= 0.3 is 11.8 Å². The zero-order chi connectivity index (χ0) is 13.6. The van der Waals surface area contributed by atoms with E-state index < -0.39 is 22.8 Å². The van der Waals surface area contributed by atoms with E-state index in [1.807, 2.05) is 0 Å². The van der Waals surface area contributed by atoms with Crippen molar-refractivity contribution in [2.45, 2.75) is 12.3 Å². The molecule has 0 radical (unpaired) electrons. The van der Waals surface area contributed by atoms with Gasteiger partial charge in [-0.15, -0.1) is 0 Å². The molecular weight excluding hydrogens is 246 g/mol. The Morgan fingerprint density at radius 1 is 1.26 bits per heavy atom. The van der Waals surface area contributed by atoms with Crippen LogP contribution in [0.2, 0.25) is 0 Å². The molecule has 0 saturated carbocycles. The van der Waals surface area contributed by atoms with Gasteiger partial charge in [-0.05, 0) is 24.3 Å². The molecule has 3 rings (SSSR count). The number of hydroxylamine groups is 2. The van der Waals surface area contributed by atoms with E-state index in [-0.39, 0.29) is 6.42 Å². The van der Waals surface area contributed by atoms with Crippen molar-refractivity contribution in [3.63, 3.8) is 0 Å². The maximum atomic E-state index is 11.7.